The minimum Gasteiger partial charge on any atom is -0.493 e. The van der Waals surface area contributed by atoms with Gasteiger partial charge in [0.15, 0.2) is 18.1 Å². The van der Waals surface area contributed by atoms with Crippen LogP contribution in [0.15, 0.2) is 78.9 Å². The van der Waals surface area contributed by atoms with Crippen molar-refractivity contribution in [2.75, 3.05) is 40.5 Å². The summed E-state index contributed by atoms with van der Waals surface area (Å²) in [6, 6.07) is 24.9. The fourth-order valence-corrected chi connectivity index (χ4v) is 5.55. The SMILES string of the molecule is COc1cccc(-n2c(C)cc(C(=O)N3CCNC[C@H]3Cc3ccccc3)c2-c2ccc(OCC(=O)O)cc2)c1OC.Cl. The van der Waals surface area contributed by atoms with Crippen molar-refractivity contribution < 1.29 is 28.9 Å². The Morgan fingerprint density at radius 3 is 2.40 bits per heavy atom. The van der Waals surface area contributed by atoms with Crippen molar-refractivity contribution in [2.24, 2.45) is 0 Å². The van der Waals surface area contributed by atoms with Crippen molar-refractivity contribution in [3.8, 4) is 34.2 Å². The molecule has 43 heavy (non-hydrogen) atoms. The van der Waals surface area contributed by atoms with E-state index < -0.39 is 12.6 Å². The van der Waals surface area contributed by atoms with E-state index in [9.17, 15) is 9.59 Å². The molecule has 1 atom stereocenters. The van der Waals surface area contributed by atoms with Gasteiger partial charge in [-0.2, -0.15) is 0 Å². The Kier molecular flexibility index (Phi) is 10.3. The molecule has 0 radical (unpaired) electrons. The molecular formula is C33H36ClN3O6. The van der Waals surface area contributed by atoms with Gasteiger partial charge in [-0.25, -0.2) is 4.79 Å². The molecular weight excluding hydrogens is 570 g/mol. The average molecular weight is 606 g/mol. The van der Waals surface area contributed by atoms with Gasteiger partial charge in [0.2, 0.25) is 0 Å². The molecule has 1 saturated heterocycles. The van der Waals surface area contributed by atoms with E-state index in [2.05, 4.69) is 17.4 Å². The number of ether oxygens (including phenoxy) is 3. The molecule has 10 heteroatoms. The third-order valence-electron chi connectivity index (χ3n) is 7.45. The van der Waals surface area contributed by atoms with E-state index in [0.29, 0.717) is 48.1 Å². The number of aliphatic carboxylic acids is 1. The standard InChI is InChI=1S/C33H35N3O6.ClH/c1-22-18-27(33(39)35-17-16-34-20-25(35)19-23-8-5-4-6-9-23)31(24-12-14-26(15-13-24)42-21-30(37)38)36(22)28-10-7-11-29(40-2)32(28)41-3;/h4-15,18,25,34H,16-17,19-21H2,1-3H3,(H,37,38);1H/t25-;/m1./s1. The Bertz CT molecular complexity index is 1560. The van der Waals surface area contributed by atoms with Crippen LogP contribution in [0.2, 0.25) is 0 Å². The Hall–Kier alpha value is -4.47. The maximum absolute atomic E-state index is 14.5. The number of aromatic nitrogens is 1. The number of aryl methyl sites for hydroxylation is 1. The summed E-state index contributed by atoms with van der Waals surface area (Å²) in [5, 5.41) is 12.5. The van der Waals surface area contributed by atoms with Crippen molar-refractivity contribution in [2.45, 2.75) is 19.4 Å². The second kappa shape index (κ2) is 14.1. The third-order valence-corrected chi connectivity index (χ3v) is 7.45. The number of methoxy groups -OCH3 is 2. The number of carbonyl (C=O) groups is 2. The lowest BCUT2D eigenvalue weighted by atomic mass is 10.0. The number of carboxylic acids is 1. The summed E-state index contributed by atoms with van der Waals surface area (Å²) in [6.07, 6.45) is 0.744. The minimum absolute atomic E-state index is 0. The zero-order valence-electron chi connectivity index (χ0n) is 24.4. The molecule has 1 aliphatic rings. The Morgan fingerprint density at radius 1 is 0.977 bits per heavy atom. The number of nitrogens with zero attached hydrogens (tertiary/aromatic N) is 2. The lowest BCUT2D eigenvalue weighted by molar-refractivity contribution is -0.139. The van der Waals surface area contributed by atoms with E-state index in [0.717, 1.165) is 23.4 Å². The number of carboxylic acid groups (broad SMARTS) is 1. The summed E-state index contributed by atoms with van der Waals surface area (Å²) < 4.78 is 18.7. The number of para-hydroxylation sites is 1. The van der Waals surface area contributed by atoms with E-state index in [1.54, 1.807) is 26.4 Å². The van der Waals surface area contributed by atoms with E-state index in [1.807, 2.05) is 71.0 Å². The van der Waals surface area contributed by atoms with Crippen LogP contribution in [-0.2, 0) is 11.2 Å². The molecule has 4 aromatic rings. The minimum atomic E-state index is -1.05. The maximum Gasteiger partial charge on any atom is 0.341 e. The number of benzene rings is 3. The van der Waals surface area contributed by atoms with Crippen LogP contribution in [0, 0.1) is 6.92 Å². The molecule has 0 aliphatic carbocycles. The number of carbonyl (C=O) groups excluding carboxylic acids is 1. The molecule has 0 unspecified atom stereocenters. The van der Waals surface area contributed by atoms with Crippen LogP contribution in [0.1, 0.15) is 21.6 Å². The van der Waals surface area contributed by atoms with Crippen molar-refractivity contribution >= 4 is 24.3 Å². The van der Waals surface area contributed by atoms with Crippen LogP contribution >= 0.6 is 12.4 Å². The number of rotatable bonds is 10. The van der Waals surface area contributed by atoms with Crippen LogP contribution in [0.5, 0.6) is 17.2 Å². The highest BCUT2D eigenvalue weighted by molar-refractivity contribution is 6.01. The average Bonchev–Trinajstić information content (AvgIpc) is 3.36. The van der Waals surface area contributed by atoms with E-state index in [4.69, 9.17) is 19.3 Å². The van der Waals surface area contributed by atoms with Crippen LogP contribution in [-0.4, -0.2) is 73.0 Å². The molecule has 5 rings (SSSR count). The van der Waals surface area contributed by atoms with Crippen molar-refractivity contribution in [3.63, 3.8) is 0 Å². The first-order chi connectivity index (χ1) is 20.4. The summed E-state index contributed by atoms with van der Waals surface area (Å²) in [7, 11) is 3.18. The number of piperazine rings is 1. The molecule has 2 heterocycles. The maximum atomic E-state index is 14.5. The third kappa shape index (κ3) is 6.79. The zero-order valence-corrected chi connectivity index (χ0v) is 25.2. The lowest BCUT2D eigenvalue weighted by Gasteiger charge is -2.36. The monoisotopic (exact) mass is 605 g/mol. The molecule has 0 bridgehead atoms. The van der Waals surface area contributed by atoms with E-state index >= 15 is 0 Å². The highest BCUT2D eigenvalue weighted by Crippen LogP contribution is 2.40. The normalized spacial score (nSPS) is 14.5. The number of nitrogens with one attached hydrogen (secondary N) is 1. The molecule has 0 spiro atoms. The Balaban J connectivity index is 0.00000423. The zero-order chi connectivity index (χ0) is 29.6. The van der Waals surface area contributed by atoms with Crippen molar-refractivity contribution in [3.05, 3.63) is 95.7 Å². The molecule has 2 N–H and O–H groups in total. The van der Waals surface area contributed by atoms with Gasteiger partial charge >= 0.3 is 5.97 Å². The van der Waals surface area contributed by atoms with E-state index in [-0.39, 0.29) is 24.4 Å². The van der Waals surface area contributed by atoms with Crippen LogP contribution in [0.25, 0.3) is 16.9 Å². The molecule has 226 valence electrons. The van der Waals surface area contributed by atoms with Gasteiger partial charge in [-0.05, 0) is 66.9 Å². The first kappa shape index (κ1) is 31.5. The number of halogens is 1. The molecule has 1 aliphatic heterocycles. The molecule has 1 amide bonds. The van der Waals surface area contributed by atoms with Gasteiger partial charge in [0.1, 0.15) is 5.75 Å². The molecule has 9 nitrogen and oxygen atoms in total. The van der Waals surface area contributed by atoms with Crippen molar-refractivity contribution in [1.29, 1.82) is 0 Å². The van der Waals surface area contributed by atoms with Crippen LogP contribution in [0.4, 0.5) is 0 Å². The van der Waals surface area contributed by atoms with Gasteiger partial charge in [-0.15, -0.1) is 12.4 Å². The van der Waals surface area contributed by atoms with Gasteiger partial charge in [-0.3, -0.25) is 4.79 Å². The topological polar surface area (TPSA) is 102 Å². The molecule has 1 fully saturated rings. The highest BCUT2D eigenvalue weighted by Gasteiger charge is 2.32. The second-order valence-corrected chi connectivity index (χ2v) is 10.1. The molecule has 3 aromatic carbocycles. The second-order valence-electron chi connectivity index (χ2n) is 10.1. The number of hydrogen-bond donors (Lipinski definition) is 2. The first-order valence-corrected chi connectivity index (χ1v) is 13.9. The summed E-state index contributed by atoms with van der Waals surface area (Å²) in [5.74, 6) is 0.437. The van der Waals surface area contributed by atoms with Crippen molar-refractivity contribution in [1.82, 2.24) is 14.8 Å². The van der Waals surface area contributed by atoms with Gasteiger partial charge in [-0.1, -0.05) is 36.4 Å². The predicted molar refractivity (Wildman–Crippen MR) is 167 cm³/mol. The smallest absolute Gasteiger partial charge is 0.341 e. The Morgan fingerprint density at radius 2 is 1.72 bits per heavy atom. The summed E-state index contributed by atoms with van der Waals surface area (Å²) in [5.41, 5.74) is 4.80. The predicted octanol–water partition coefficient (Wildman–Crippen LogP) is 5.01. The summed E-state index contributed by atoms with van der Waals surface area (Å²) >= 11 is 0. The first-order valence-electron chi connectivity index (χ1n) is 13.9. The largest absolute Gasteiger partial charge is 0.493 e. The summed E-state index contributed by atoms with van der Waals surface area (Å²) in [4.78, 5) is 27.4. The van der Waals surface area contributed by atoms with Gasteiger partial charge in [0, 0.05) is 31.4 Å². The number of amides is 1. The van der Waals surface area contributed by atoms with Gasteiger partial charge in [0.05, 0.1) is 31.2 Å². The highest BCUT2D eigenvalue weighted by atomic mass is 35.5. The van der Waals surface area contributed by atoms with Crippen LogP contribution < -0.4 is 19.5 Å². The number of hydrogen-bond acceptors (Lipinski definition) is 6. The van der Waals surface area contributed by atoms with Gasteiger partial charge in [0.25, 0.3) is 5.91 Å². The van der Waals surface area contributed by atoms with Crippen LogP contribution in [0.3, 0.4) is 0 Å². The fraction of sp³-hybridized carbons (Fsp3) is 0.273. The molecule has 0 saturated carbocycles. The summed E-state index contributed by atoms with van der Waals surface area (Å²) in [6.45, 7) is 3.53. The quantitative estimate of drug-likeness (QED) is 0.262. The van der Waals surface area contributed by atoms with E-state index in [1.165, 1.54) is 5.56 Å². The lowest BCUT2D eigenvalue weighted by Crippen LogP contribution is -2.54. The fourth-order valence-electron chi connectivity index (χ4n) is 5.55. The molecule has 1 aromatic heterocycles. The van der Waals surface area contributed by atoms with Gasteiger partial charge < -0.3 is 34.1 Å². The Labute approximate surface area is 257 Å².